The Morgan fingerprint density at radius 2 is 0.919 bits per heavy atom. The minimum absolute atomic E-state index is 0. The summed E-state index contributed by atoms with van der Waals surface area (Å²) >= 11 is -2.48. The van der Waals surface area contributed by atoms with Crippen LogP contribution in [0.5, 0.6) is 0 Å². The summed E-state index contributed by atoms with van der Waals surface area (Å²) in [6.07, 6.45) is 5.12. The van der Waals surface area contributed by atoms with E-state index in [9.17, 15) is 0 Å². The summed E-state index contributed by atoms with van der Waals surface area (Å²) in [5, 5.41) is 1.61. The van der Waals surface area contributed by atoms with Gasteiger partial charge in [-0.15, -0.1) is 0 Å². The molecule has 188 valence electrons. The van der Waals surface area contributed by atoms with Crippen LogP contribution in [0.2, 0.25) is 6.55 Å². The van der Waals surface area contributed by atoms with Gasteiger partial charge in [0, 0.05) is 0 Å². The molecule has 3 aromatic carbocycles. The predicted molar refractivity (Wildman–Crippen MR) is 150 cm³/mol. The first-order valence-electron chi connectivity index (χ1n) is 12.7. The molecular formula is C33H34Cl2HfSi. The third kappa shape index (κ3) is 5.83. The Bertz CT molecular complexity index is 1330. The zero-order chi connectivity index (χ0) is 24.5. The summed E-state index contributed by atoms with van der Waals surface area (Å²) in [7, 11) is 0. The van der Waals surface area contributed by atoms with E-state index in [1.165, 1.54) is 22.3 Å². The molecule has 2 aliphatic rings. The number of hydrogen-bond donors (Lipinski definition) is 0. The van der Waals surface area contributed by atoms with Gasteiger partial charge in [-0.1, -0.05) is 0 Å². The van der Waals surface area contributed by atoms with Crippen molar-refractivity contribution in [1.29, 1.82) is 0 Å². The molecule has 0 N–H and O–H groups in total. The Hall–Kier alpha value is -1.71. The Labute approximate surface area is 243 Å². The molecule has 2 aliphatic carbocycles. The average Bonchev–Trinajstić information content (AvgIpc) is 3.36. The van der Waals surface area contributed by atoms with Crippen molar-refractivity contribution >= 4 is 21.8 Å². The number of halogens is 2. The third-order valence-electron chi connectivity index (χ3n) is 7.65. The quantitative estimate of drug-likeness (QED) is 0.357. The minimum atomic E-state index is -2.48. The van der Waals surface area contributed by atoms with Gasteiger partial charge in [0.25, 0.3) is 0 Å². The number of rotatable bonds is 5. The molecule has 0 saturated carbocycles. The van der Waals surface area contributed by atoms with Gasteiger partial charge in [0.1, 0.15) is 0 Å². The fourth-order valence-electron chi connectivity index (χ4n) is 5.96. The van der Waals surface area contributed by atoms with Gasteiger partial charge in [-0.05, 0) is 0 Å². The summed E-state index contributed by atoms with van der Waals surface area (Å²) in [6, 6.07) is 33.5. The second kappa shape index (κ2) is 12.9. The summed E-state index contributed by atoms with van der Waals surface area (Å²) in [4.78, 5) is 0. The van der Waals surface area contributed by atoms with Gasteiger partial charge < -0.3 is 24.8 Å². The zero-order valence-electron chi connectivity index (χ0n) is 22.2. The van der Waals surface area contributed by atoms with Gasteiger partial charge in [-0.2, -0.15) is 0 Å². The SMILES string of the molecule is CC1=[C]([Hf+2]([C]2=C(C)C(c3ccccc3)=CC2C)=[Si](C)c2ccccc2)C(C)C=C1c1ccccc1.[Cl-].[Cl-]. The van der Waals surface area contributed by atoms with Crippen LogP contribution in [-0.4, -0.2) is 5.49 Å². The molecule has 4 heteroatoms. The van der Waals surface area contributed by atoms with Crippen molar-refractivity contribution in [2.75, 3.05) is 0 Å². The maximum Gasteiger partial charge on any atom is -1.00 e. The summed E-state index contributed by atoms with van der Waals surface area (Å²) in [5.41, 5.74) is 8.15. The Morgan fingerprint density at radius 3 is 1.30 bits per heavy atom. The van der Waals surface area contributed by atoms with Crippen LogP contribution >= 0.6 is 0 Å². The van der Waals surface area contributed by atoms with Crippen molar-refractivity contribution in [3.8, 4) is 0 Å². The molecule has 0 aliphatic heterocycles. The molecule has 0 nitrogen and oxygen atoms in total. The van der Waals surface area contributed by atoms with E-state index in [1.54, 1.807) is 16.3 Å². The normalized spacial score (nSPS) is 18.4. The Morgan fingerprint density at radius 1 is 0.568 bits per heavy atom. The van der Waals surface area contributed by atoms with E-state index in [4.69, 9.17) is 0 Å². The van der Waals surface area contributed by atoms with Crippen molar-refractivity contribution < 1.29 is 44.9 Å². The largest absolute Gasteiger partial charge is 1.00 e. The molecule has 5 rings (SSSR count). The molecule has 0 aromatic heterocycles. The molecule has 0 radical (unpaired) electrons. The van der Waals surface area contributed by atoms with Crippen molar-refractivity contribution in [3.05, 3.63) is 132 Å². The molecule has 0 saturated heterocycles. The fraction of sp³-hybridized carbons (Fsp3) is 0.212. The standard InChI is InChI=1S/2C13H13.C7H8Si.2ClH.Hf/c2*1-10-8-11(2)13(9-10)12-6-4-3-5-7-12;1-8-7-5-3-2-4-6-7;;;/h2*3-7,9-10H,1-2H3;2-6H,1H3;2*1H;/q;;;;;+2/p-2. The molecule has 0 fully saturated rings. The van der Waals surface area contributed by atoms with Gasteiger partial charge in [0.2, 0.25) is 0 Å². The Balaban J connectivity index is 0.00000190. The van der Waals surface area contributed by atoms with Gasteiger partial charge in [-0.25, -0.2) is 0 Å². The molecular weight excluding hydrogens is 674 g/mol. The third-order valence-corrected chi connectivity index (χ3v) is 35.0. The summed E-state index contributed by atoms with van der Waals surface area (Å²) in [6.45, 7) is 12.4. The van der Waals surface area contributed by atoms with Crippen LogP contribution < -0.4 is 30.0 Å². The van der Waals surface area contributed by atoms with Crippen LogP contribution in [0.3, 0.4) is 0 Å². The monoisotopic (exact) mass is 708 g/mol. The molecule has 37 heavy (non-hydrogen) atoms. The molecule has 0 bridgehead atoms. The first-order chi connectivity index (χ1) is 17.0. The molecule has 0 amide bonds. The maximum atomic E-state index is 2.63. The van der Waals surface area contributed by atoms with E-state index in [-0.39, 0.29) is 24.8 Å². The predicted octanol–water partition coefficient (Wildman–Crippen LogP) is 2.16. The van der Waals surface area contributed by atoms with Crippen molar-refractivity contribution in [2.45, 2.75) is 34.2 Å². The molecule has 3 aromatic rings. The van der Waals surface area contributed by atoms with Crippen LogP contribution in [0.25, 0.3) is 11.1 Å². The second-order valence-electron chi connectivity index (χ2n) is 9.91. The second-order valence-corrected chi connectivity index (χ2v) is 30.5. The van der Waals surface area contributed by atoms with Crippen LogP contribution in [0, 0.1) is 11.8 Å². The average molecular weight is 708 g/mol. The number of allylic oxidation sites excluding steroid dienone is 8. The van der Waals surface area contributed by atoms with Crippen LogP contribution in [0.15, 0.2) is 121 Å². The first kappa shape index (κ1) is 29.8. The maximum absolute atomic E-state index is 2.63. The van der Waals surface area contributed by atoms with Crippen LogP contribution in [0.4, 0.5) is 0 Å². The molecule has 0 heterocycles. The van der Waals surface area contributed by atoms with Crippen molar-refractivity contribution in [3.63, 3.8) is 0 Å². The van der Waals surface area contributed by atoms with E-state index >= 15 is 0 Å². The van der Waals surface area contributed by atoms with Crippen molar-refractivity contribution in [1.82, 2.24) is 0 Å². The van der Waals surface area contributed by atoms with E-state index < -0.39 is 25.6 Å². The van der Waals surface area contributed by atoms with E-state index in [0.717, 1.165) is 0 Å². The van der Waals surface area contributed by atoms with Crippen LogP contribution in [-0.2, 0) is 20.1 Å². The minimum Gasteiger partial charge on any atom is -1.00 e. The number of benzene rings is 3. The topological polar surface area (TPSA) is 0 Å². The first-order valence-corrected chi connectivity index (χ1v) is 23.7. The summed E-state index contributed by atoms with van der Waals surface area (Å²) in [5.74, 6) is 1.06. The van der Waals surface area contributed by atoms with Gasteiger partial charge in [0.15, 0.2) is 0 Å². The van der Waals surface area contributed by atoms with Gasteiger partial charge in [-0.3, -0.25) is 0 Å². The van der Waals surface area contributed by atoms with E-state index in [0.29, 0.717) is 11.8 Å². The number of hydrogen-bond acceptors (Lipinski definition) is 0. The van der Waals surface area contributed by atoms with Crippen LogP contribution in [0.1, 0.15) is 38.8 Å². The van der Waals surface area contributed by atoms with E-state index in [1.807, 2.05) is 6.66 Å². The zero-order valence-corrected chi connectivity index (χ0v) is 28.3. The van der Waals surface area contributed by atoms with E-state index in [2.05, 4.69) is 137 Å². The van der Waals surface area contributed by atoms with Gasteiger partial charge >= 0.3 is 220 Å². The van der Waals surface area contributed by atoms with Crippen molar-refractivity contribution in [2.24, 2.45) is 11.8 Å². The smallest absolute Gasteiger partial charge is 1.00 e. The Kier molecular flexibility index (Phi) is 10.4. The molecule has 2 atom stereocenters. The van der Waals surface area contributed by atoms with Gasteiger partial charge in [0.05, 0.1) is 0 Å². The molecule has 0 spiro atoms. The fourth-order valence-corrected chi connectivity index (χ4v) is 36.7. The molecule has 2 unspecified atom stereocenters. The summed E-state index contributed by atoms with van der Waals surface area (Å²) < 4.78 is 3.69.